The molecule has 0 radical (unpaired) electrons. The summed E-state index contributed by atoms with van der Waals surface area (Å²) in [6, 6.07) is 12.9. The molecule has 0 spiro atoms. The van der Waals surface area contributed by atoms with Crippen molar-refractivity contribution in [2.45, 2.75) is 64.1 Å². The van der Waals surface area contributed by atoms with Gasteiger partial charge in [-0.3, -0.25) is 14.4 Å². The topological polar surface area (TPSA) is 80.1 Å². The molecule has 3 aromatic rings. The molecule has 1 unspecified atom stereocenters. The van der Waals surface area contributed by atoms with Crippen LogP contribution in [0.25, 0.3) is 11.0 Å². The van der Waals surface area contributed by atoms with Crippen LogP contribution in [0, 0.1) is 11.7 Å². The van der Waals surface area contributed by atoms with Crippen molar-refractivity contribution in [2.75, 3.05) is 19.7 Å². The van der Waals surface area contributed by atoms with E-state index < -0.39 is 0 Å². The highest BCUT2D eigenvalue weighted by molar-refractivity contribution is 5.86. The fourth-order valence-corrected chi connectivity index (χ4v) is 5.61. The smallest absolute Gasteiger partial charge is 0.242 e. The number of carbonyl (C=O) groups excluding carboxylic acids is 2. The summed E-state index contributed by atoms with van der Waals surface area (Å²) in [6.45, 7) is 1.11. The summed E-state index contributed by atoms with van der Waals surface area (Å²) in [6.07, 6.45) is 7.97. The Labute approximate surface area is 227 Å². The summed E-state index contributed by atoms with van der Waals surface area (Å²) >= 11 is 0. The van der Waals surface area contributed by atoms with E-state index in [1.54, 1.807) is 46.2 Å². The highest BCUT2D eigenvalue weighted by Gasteiger charge is 2.31. The second kappa shape index (κ2) is 12.6. The number of halogens is 1. The second-order valence-corrected chi connectivity index (χ2v) is 10.7. The van der Waals surface area contributed by atoms with Gasteiger partial charge in [-0.05, 0) is 55.5 Å². The third-order valence-corrected chi connectivity index (χ3v) is 7.79. The Morgan fingerprint density at radius 1 is 0.897 bits per heavy atom. The summed E-state index contributed by atoms with van der Waals surface area (Å²) in [5.41, 5.74) is 1.33. The number of amides is 2. The van der Waals surface area contributed by atoms with Gasteiger partial charge >= 0.3 is 0 Å². The Hall–Kier alpha value is -3.52. The summed E-state index contributed by atoms with van der Waals surface area (Å²) in [7, 11) is 0. The largest absolute Gasteiger partial charge is 0.464 e. The normalized spacial score (nSPS) is 17.8. The molecule has 39 heavy (non-hydrogen) atoms. The van der Waals surface area contributed by atoms with Crippen LogP contribution in [0.4, 0.5) is 4.39 Å². The maximum atomic E-state index is 13.8. The quantitative estimate of drug-likeness (QED) is 0.384. The van der Waals surface area contributed by atoms with Crippen molar-refractivity contribution in [2.24, 2.45) is 5.92 Å². The van der Waals surface area contributed by atoms with Crippen LogP contribution in [0.2, 0.25) is 0 Å². The van der Waals surface area contributed by atoms with Gasteiger partial charge in [0.2, 0.25) is 11.8 Å². The maximum Gasteiger partial charge on any atom is 0.242 e. The van der Waals surface area contributed by atoms with Gasteiger partial charge in [-0.2, -0.15) is 0 Å². The number of nitrogens with zero attached hydrogens (tertiary/aromatic N) is 2. The lowest BCUT2D eigenvalue weighted by atomic mass is 9.88. The van der Waals surface area contributed by atoms with Crippen LogP contribution >= 0.6 is 0 Å². The van der Waals surface area contributed by atoms with Crippen LogP contribution in [-0.4, -0.2) is 47.4 Å². The van der Waals surface area contributed by atoms with Gasteiger partial charge in [0.05, 0.1) is 36.4 Å². The second-order valence-electron chi connectivity index (χ2n) is 10.7. The highest BCUT2D eigenvalue weighted by Crippen LogP contribution is 2.26. The number of carbonyl (C=O) groups is 2. The van der Waals surface area contributed by atoms with Crippen molar-refractivity contribution in [3.8, 4) is 0 Å². The first kappa shape index (κ1) is 27.1. The van der Waals surface area contributed by atoms with Gasteiger partial charge in [0.25, 0.3) is 0 Å². The van der Waals surface area contributed by atoms with Crippen molar-refractivity contribution in [1.82, 2.24) is 9.80 Å². The minimum atomic E-state index is -0.368. The van der Waals surface area contributed by atoms with E-state index in [2.05, 4.69) is 0 Å². The number of hydrogen-bond acceptors (Lipinski definition) is 5. The number of ether oxygens (including phenoxy) is 1. The molecule has 7 nitrogen and oxygen atoms in total. The number of para-hydroxylation sites is 1. The average Bonchev–Trinajstić information content (AvgIpc) is 3.48. The zero-order valence-electron chi connectivity index (χ0n) is 22.1. The monoisotopic (exact) mass is 534 g/mol. The molecule has 8 heteroatoms. The molecule has 206 valence electrons. The minimum absolute atomic E-state index is 0.00509. The van der Waals surface area contributed by atoms with E-state index in [1.807, 2.05) is 0 Å². The molecule has 1 saturated carbocycles. The third-order valence-electron chi connectivity index (χ3n) is 7.79. The average molecular weight is 535 g/mol. The summed E-state index contributed by atoms with van der Waals surface area (Å²) < 4.78 is 25.1. The van der Waals surface area contributed by atoms with Gasteiger partial charge < -0.3 is 19.0 Å². The lowest BCUT2D eigenvalue weighted by Gasteiger charge is -2.32. The first-order chi connectivity index (χ1) is 19.0. The first-order valence-corrected chi connectivity index (χ1v) is 13.9. The molecular weight excluding hydrogens is 499 g/mol. The van der Waals surface area contributed by atoms with Gasteiger partial charge in [0.15, 0.2) is 5.43 Å². The highest BCUT2D eigenvalue weighted by atomic mass is 19.1. The Balaban J connectivity index is 1.40. The number of rotatable bonds is 9. The van der Waals surface area contributed by atoms with Gasteiger partial charge in [-0.15, -0.1) is 0 Å². The molecule has 1 aliphatic heterocycles. The summed E-state index contributed by atoms with van der Waals surface area (Å²) in [5, 5.41) is 0.441. The molecule has 0 N–H and O–H groups in total. The Bertz CT molecular complexity index is 1340. The van der Waals surface area contributed by atoms with E-state index in [-0.39, 0.29) is 54.7 Å². The molecule has 2 amide bonds. The van der Waals surface area contributed by atoms with E-state index in [1.165, 1.54) is 18.4 Å². The van der Waals surface area contributed by atoms with Crippen molar-refractivity contribution in [1.29, 1.82) is 0 Å². The Kier molecular flexibility index (Phi) is 8.71. The van der Waals surface area contributed by atoms with Crippen LogP contribution in [-0.2, 0) is 27.4 Å². The van der Waals surface area contributed by atoms with Gasteiger partial charge in [0.1, 0.15) is 11.4 Å². The van der Waals surface area contributed by atoms with Crippen molar-refractivity contribution in [3.05, 3.63) is 82.0 Å². The molecular formula is C31H35FN2O5. The molecule has 1 aromatic heterocycles. The summed E-state index contributed by atoms with van der Waals surface area (Å²) in [4.78, 5) is 43.9. The van der Waals surface area contributed by atoms with E-state index in [0.717, 1.165) is 50.5 Å². The Morgan fingerprint density at radius 2 is 1.67 bits per heavy atom. The fraction of sp³-hybridized carbons (Fsp3) is 0.452. The van der Waals surface area contributed by atoms with Gasteiger partial charge in [-0.1, -0.05) is 43.5 Å². The summed E-state index contributed by atoms with van der Waals surface area (Å²) in [5.74, 6) is -0.724. The van der Waals surface area contributed by atoms with E-state index in [0.29, 0.717) is 29.7 Å². The van der Waals surface area contributed by atoms with Crippen molar-refractivity contribution >= 4 is 22.8 Å². The van der Waals surface area contributed by atoms with E-state index in [4.69, 9.17) is 9.15 Å². The predicted octanol–water partition coefficient (Wildman–Crippen LogP) is 5.05. The van der Waals surface area contributed by atoms with Crippen molar-refractivity contribution < 1.29 is 23.1 Å². The minimum Gasteiger partial charge on any atom is -0.464 e. The fourth-order valence-electron chi connectivity index (χ4n) is 5.61. The molecule has 2 heterocycles. The van der Waals surface area contributed by atoms with E-state index >= 15 is 0 Å². The number of benzene rings is 2. The zero-order valence-corrected chi connectivity index (χ0v) is 22.1. The molecule has 1 aliphatic carbocycles. The predicted molar refractivity (Wildman–Crippen MR) is 145 cm³/mol. The SMILES string of the molecule is O=C(CN(CC1CCCO1)C(=O)C1CCCCC1)N(Cc1ccc(F)cc1)Cc1coc2ccccc2c1=O. The van der Waals surface area contributed by atoms with Gasteiger partial charge in [0, 0.05) is 25.6 Å². The van der Waals surface area contributed by atoms with E-state index in [9.17, 15) is 18.8 Å². The van der Waals surface area contributed by atoms with Crippen LogP contribution in [0.15, 0.2) is 64.0 Å². The van der Waals surface area contributed by atoms with Gasteiger partial charge in [-0.25, -0.2) is 4.39 Å². The molecule has 5 rings (SSSR count). The third kappa shape index (κ3) is 6.74. The molecule has 2 aliphatic rings. The van der Waals surface area contributed by atoms with Crippen LogP contribution < -0.4 is 5.43 Å². The molecule has 1 atom stereocenters. The molecule has 0 bridgehead atoms. The lowest BCUT2D eigenvalue weighted by Crippen LogP contribution is -2.47. The first-order valence-electron chi connectivity index (χ1n) is 13.9. The van der Waals surface area contributed by atoms with Crippen molar-refractivity contribution in [3.63, 3.8) is 0 Å². The molecule has 1 saturated heterocycles. The number of hydrogen-bond donors (Lipinski definition) is 0. The van der Waals surface area contributed by atoms with Crippen LogP contribution in [0.3, 0.4) is 0 Å². The number of fused-ring (bicyclic) bond motifs is 1. The molecule has 2 fully saturated rings. The molecule has 2 aromatic carbocycles. The van der Waals surface area contributed by atoms with Crippen LogP contribution in [0.1, 0.15) is 56.1 Å². The maximum absolute atomic E-state index is 13.8. The Morgan fingerprint density at radius 3 is 2.41 bits per heavy atom. The lowest BCUT2D eigenvalue weighted by molar-refractivity contribution is -0.145. The zero-order chi connectivity index (χ0) is 27.2. The standard InChI is InChI=1S/C31H35FN2O5/c32-25-14-12-22(13-15-25)17-33(18-24-21-39-28-11-5-4-10-27(28)30(24)36)29(35)20-34(19-26-9-6-16-38-26)31(37)23-7-2-1-3-8-23/h4-5,10-15,21,23,26H,1-3,6-9,16-20H2. The van der Waals surface area contributed by atoms with Crippen LogP contribution in [0.5, 0.6) is 0 Å².